The Balaban J connectivity index is 0.00000130. The fourth-order valence-corrected chi connectivity index (χ4v) is 6.24. The highest BCUT2D eigenvalue weighted by Crippen LogP contribution is 2.53. The van der Waals surface area contributed by atoms with E-state index in [1.807, 2.05) is 59.1 Å². The van der Waals surface area contributed by atoms with Gasteiger partial charge in [0.25, 0.3) is 0 Å². The fraction of sp³-hybridized carbons (Fsp3) is 0.711. The minimum atomic E-state index is -0.924. The standard InChI is InChI=1S/C28H42FN.C6H12.2C2H6/c1-8-12-24(17-20(3)23(6)29)14-15-26(22(5)27-13-10-11-16-30-27)25-18-21(4)28(7,9-2)19-25;1-6-4-2-3-5-6;2*1-2/h8,12-13,16-17,21,23,25-26H,1,5,9-11,14-15,18-19H2,2-4,6-7H3;6H,2-5H2,1H3;2*1-2H3/b20-17-,24-12-;;;/t21-,23?,25?,26?,28+;;;/m1.../s1. The van der Waals surface area contributed by atoms with E-state index in [2.05, 4.69) is 51.9 Å². The van der Waals surface area contributed by atoms with Crippen molar-refractivity contribution >= 4 is 6.21 Å². The highest BCUT2D eigenvalue weighted by atomic mass is 19.1. The number of alkyl halides is 1. The Hall–Kier alpha value is -1.70. The Labute approximate surface area is 250 Å². The van der Waals surface area contributed by atoms with Gasteiger partial charge in [-0.2, -0.15) is 0 Å². The number of halogens is 1. The van der Waals surface area contributed by atoms with Crippen molar-refractivity contribution in [3.8, 4) is 0 Å². The number of rotatable bonds is 10. The smallest absolute Gasteiger partial charge is 0.118 e. The lowest BCUT2D eigenvalue weighted by atomic mass is 9.76. The summed E-state index contributed by atoms with van der Waals surface area (Å²) in [6, 6.07) is 0. The summed E-state index contributed by atoms with van der Waals surface area (Å²) in [4.78, 5) is 4.68. The van der Waals surface area contributed by atoms with Crippen LogP contribution in [0.15, 0.2) is 64.9 Å². The molecule has 2 saturated carbocycles. The summed E-state index contributed by atoms with van der Waals surface area (Å²) in [6.45, 7) is 29.4. The Morgan fingerprint density at radius 3 is 2.20 bits per heavy atom. The van der Waals surface area contributed by atoms with Crippen LogP contribution in [0.3, 0.4) is 0 Å². The molecule has 0 N–H and O–H groups in total. The first-order valence-corrected chi connectivity index (χ1v) is 16.7. The molecule has 0 aromatic heterocycles. The van der Waals surface area contributed by atoms with E-state index < -0.39 is 6.17 Å². The predicted molar refractivity (Wildman–Crippen MR) is 181 cm³/mol. The Kier molecular flexibility index (Phi) is 20.2. The van der Waals surface area contributed by atoms with E-state index in [-0.39, 0.29) is 0 Å². The number of allylic oxidation sites excluding steroid dienone is 7. The van der Waals surface area contributed by atoms with Crippen molar-refractivity contribution in [1.29, 1.82) is 0 Å². The van der Waals surface area contributed by atoms with Crippen molar-refractivity contribution in [2.45, 2.75) is 146 Å². The maximum absolute atomic E-state index is 13.7. The van der Waals surface area contributed by atoms with Gasteiger partial charge in [0.15, 0.2) is 0 Å². The molecule has 0 amide bonds. The maximum Gasteiger partial charge on any atom is 0.118 e. The SMILES string of the molecule is C=C/C=C(\C=C(\C)C(C)F)CCC(C(=C)C1=CCCC=N1)C1C[C@@H](C)[C@@](C)(CC)C1.CC.CC.CC1CCCC1. The minimum Gasteiger partial charge on any atom is -0.261 e. The molecule has 2 fully saturated rings. The van der Waals surface area contributed by atoms with Crippen LogP contribution in [0, 0.1) is 29.1 Å². The molecule has 1 aliphatic heterocycles. The minimum absolute atomic E-state index is 0.409. The summed E-state index contributed by atoms with van der Waals surface area (Å²) >= 11 is 0. The molecule has 3 aliphatic rings. The van der Waals surface area contributed by atoms with Crippen LogP contribution in [0.2, 0.25) is 0 Å². The van der Waals surface area contributed by atoms with Crippen molar-refractivity contribution in [3.63, 3.8) is 0 Å². The second kappa shape index (κ2) is 21.1. The average molecular weight is 556 g/mol. The van der Waals surface area contributed by atoms with E-state index in [9.17, 15) is 4.39 Å². The van der Waals surface area contributed by atoms with Gasteiger partial charge < -0.3 is 0 Å². The van der Waals surface area contributed by atoms with E-state index in [0.717, 1.165) is 54.4 Å². The first-order valence-electron chi connectivity index (χ1n) is 16.7. The molecule has 2 aliphatic carbocycles. The lowest BCUT2D eigenvalue weighted by Gasteiger charge is -2.30. The van der Waals surface area contributed by atoms with Gasteiger partial charge in [-0.1, -0.05) is 125 Å². The zero-order chi connectivity index (χ0) is 30.7. The molecular weight excluding hydrogens is 489 g/mol. The summed E-state index contributed by atoms with van der Waals surface area (Å²) in [7, 11) is 0. The Bertz CT molecular complexity index is 836. The van der Waals surface area contributed by atoms with Crippen LogP contribution >= 0.6 is 0 Å². The molecule has 3 unspecified atom stereocenters. The number of aliphatic imine (C=N–C) groups is 1. The molecular formula is C38H66FN. The van der Waals surface area contributed by atoms with Gasteiger partial charge in [-0.15, -0.1) is 0 Å². The fourth-order valence-electron chi connectivity index (χ4n) is 6.24. The molecule has 1 heterocycles. The molecule has 3 rings (SSSR count). The van der Waals surface area contributed by atoms with Gasteiger partial charge in [-0.05, 0) is 98.2 Å². The van der Waals surface area contributed by atoms with Gasteiger partial charge >= 0.3 is 0 Å². The third kappa shape index (κ3) is 12.9. The summed E-state index contributed by atoms with van der Waals surface area (Å²) in [6.07, 6.45) is 22.9. The van der Waals surface area contributed by atoms with Gasteiger partial charge in [-0.3, -0.25) is 4.99 Å². The first kappa shape index (κ1) is 38.3. The predicted octanol–water partition coefficient (Wildman–Crippen LogP) is 12.8. The lowest BCUT2D eigenvalue weighted by Crippen LogP contribution is -2.20. The van der Waals surface area contributed by atoms with Gasteiger partial charge in [0.1, 0.15) is 6.17 Å². The molecule has 0 spiro atoms. The summed E-state index contributed by atoms with van der Waals surface area (Å²) in [5, 5.41) is 0. The highest BCUT2D eigenvalue weighted by molar-refractivity contribution is 5.62. The first-order chi connectivity index (χ1) is 19.1. The van der Waals surface area contributed by atoms with E-state index in [1.165, 1.54) is 50.5 Å². The van der Waals surface area contributed by atoms with Crippen molar-refractivity contribution < 1.29 is 4.39 Å². The van der Waals surface area contributed by atoms with E-state index in [1.54, 1.807) is 6.92 Å². The van der Waals surface area contributed by atoms with Crippen LogP contribution < -0.4 is 0 Å². The Morgan fingerprint density at radius 1 is 1.15 bits per heavy atom. The zero-order valence-corrected chi connectivity index (χ0v) is 28.3. The molecule has 0 aromatic carbocycles. The van der Waals surface area contributed by atoms with Crippen LogP contribution in [-0.2, 0) is 0 Å². The monoisotopic (exact) mass is 556 g/mol. The van der Waals surface area contributed by atoms with Crippen molar-refractivity contribution in [1.82, 2.24) is 0 Å². The van der Waals surface area contributed by atoms with Crippen LogP contribution in [0.25, 0.3) is 0 Å². The van der Waals surface area contributed by atoms with Gasteiger partial charge in [-0.25, -0.2) is 4.39 Å². The van der Waals surface area contributed by atoms with Gasteiger partial charge in [0.05, 0.1) is 5.70 Å². The summed E-state index contributed by atoms with van der Waals surface area (Å²) in [5.41, 5.74) is 4.61. The van der Waals surface area contributed by atoms with Crippen molar-refractivity contribution in [2.24, 2.45) is 34.1 Å². The maximum atomic E-state index is 13.7. The highest BCUT2D eigenvalue weighted by Gasteiger charge is 2.43. The van der Waals surface area contributed by atoms with Gasteiger partial charge in [0, 0.05) is 6.21 Å². The second-order valence-corrected chi connectivity index (χ2v) is 12.1. The van der Waals surface area contributed by atoms with E-state index >= 15 is 0 Å². The molecule has 0 aromatic rings. The van der Waals surface area contributed by atoms with Crippen LogP contribution in [0.1, 0.15) is 140 Å². The Morgan fingerprint density at radius 2 is 1.77 bits per heavy atom. The molecule has 1 nitrogen and oxygen atoms in total. The number of hydrogen-bond donors (Lipinski definition) is 0. The summed E-state index contributed by atoms with van der Waals surface area (Å²) < 4.78 is 13.7. The van der Waals surface area contributed by atoms with Crippen molar-refractivity contribution in [3.05, 3.63) is 59.9 Å². The van der Waals surface area contributed by atoms with E-state index in [0.29, 0.717) is 17.3 Å². The summed E-state index contributed by atoms with van der Waals surface area (Å²) in [5.74, 6) is 2.81. The molecule has 40 heavy (non-hydrogen) atoms. The third-order valence-electron chi connectivity index (χ3n) is 9.35. The molecule has 230 valence electrons. The quantitative estimate of drug-likeness (QED) is 0.238. The third-order valence-corrected chi connectivity index (χ3v) is 9.35. The molecule has 5 atom stereocenters. The van der Waals surface area contributed by atoms with Crippen LogP contribution in [-0.4, -0.2) is 12.4 Å². The average Bonchev–Trinajstić information content (AvgIpc) is 3.57. The normalized spacial score (nSPS) is 26.2. The topological polar surface area (TPSA) is 12.4 Å². The second-order valence-electron chi connectivity index (χ2n) is 12.1. The van der Waals surface area contributed by atoms with E-state index in [4.69, 9.17) is 0 Å². The lowest BCUT2D eigenvalue weighted by molar-refractivity contribution is 0.228. The van der Waals surface area contributed by atoms with Crippen LogP contribution in [0.5, 0.6) is 0 Å². The van der Waals surface area contributed by atoms with Crippen LogP contribution in [0.4, 0.5) is 4.39 Å². The van der Waals surface area contributed by atoms with Gasteiger partial charge in [0.2, 0.25) is 0 Å². The largest absolute Gasteiger partial charge is 0.261 e. The molecule has 0 saturated heterocycles. The van der Waals surface area contributed by atoms with Crippen molar-refractivity contribution in [2.75, 3.05) is 0 Å². The molecule has 0 bridgehead atoms. The molecule has 2 heteroatoms. The number of nitrogens with zero attached hydrogens (tertiary/aromatic N) is 1. The molecule has 0 radical (unpaired) electrons. The number of hydrogen-bond acceptors (Lipinski definition) is 1. The zero-order valence-electron chi connectivity index (χ0n) is 28.3.